The normalized spacial score (nSPS) is 18.7. The highest BCUT2D eigenvalue weighted by atomic mass is 16.3. The predicted octanol–water partition coefficient (Wildman–Crippen LogP) is 1.01. The Morgan fingerprint density at radius 2 is 2.33 bits per heavy atom. The van der Waals surface area contributed by atoms with Crippen molar-refractivity contribution < 1.29 is 14.0 Å². The fraction of sp³-hybridized carbons (Fsp3) is 0.357. The van der Waals surface area contributed by atoms with Crippen molar-refractivity contribution in [2.45, 2.75) is 12.8 Å². The van der Waals surface area contributed by atoms with Gasteiger partial charge >= 0.3 is 0 Å². The number of primary amides is 1. The fourth-order valence-electron chi connectivity index (χ4n) is 2.55. The molecule has 3 heterocycles. The van der Waals surface area contributed by atoms with Gasteiger partial charge in [0.25, 0.3) is 5.91 Å². The summed E-state index contributed by atoms with van der Waals surface area (Å²) in [4.78, 5) is 25.3. The summed E-state index contributed by atoms with van der Waals surface area (Å²) < 4.78 is 5.25. The van der Waals surface area contributed by atoms with Gasteiger partial charge in [-0.1, -0.05) is 0 Å². The van der Waals surface area contributed by atoms with Gasteiger partial charge in [-0.3, -0.25) is 14.7 Å². The van der Waals surface area contributed by atoms with Gasteiger partial charge < -0.3 is 15.1 Å². The van der Waals surface area contributed by atoms with Crippen LogP contribution in [-0.2, 0) is 4.79 Å². The number of amides is 2. The first kappa shape index (κ1) is 13.4. The van der Waals surface area contributed by atoms with Crippen LogP contribution >= 0.6 is 0 Å². The molecular weight excluding hydrogens is 272 g/mol. The van der Waals surface area contributed by atoms with Crippen molar-refractivity contribution in [1.29, 1.82) is 0 Å². The van der Waals surface area contributed by atoms with Crippen LogP contribution in [-0.4, -0.2) is 40.0 Å². The molecule has 0 aromatic carbocycles. The molecule has 2 aromatic heterocycles. The third kappa shape index (κ3) is 2.67. The maximum Gasteiger partial charge on any atom is 0.274 e. The van der Waals surface area contributed by atoms with Gasteiger partial charge in [0, 0.05) is 19.2 Å². The van der Waals surface area contributed by atoms with Crippen molar-refractivity contribution in [2.75, 3.05) is 13.1 Å². The first-order valence-corrected chi connectivity index (χ1v) is 6.83. The minimum absolute atomic E-state index is 0.199. The second-order valence-corrected chi connectivity index (χ2v) is 5.14. The van der Waals surface area contributed by atoms with E-state index >= 15 is 0 Å². The van der Waals surface area contributed by atoms with Crippen LogP contribution in [0, 0.1) is 5.92 Å². The standard InChI is InChI=1S/C14H16N4O3/c15-13(19)9-3-1-5-18(8-9)14(20)11-7-10(16-17-11)12-4-2-6-21-12/h2,4,6-7,9H,1,3,5,8H2,(H2,15,19)(H,16,17). The van der Waals surface area contributed by atoms with Crippen LogP contribution in [0.4, 0.5) is 0 Å². The number of nitrogens with two attached hydrogens (primary N) is 1. The number of nitrogens with one attached hydrogen (secondary N) is 1. The van der Waals surface area contributed by atoms with Crippen LogP contribution in [0.2, 0.25) is 0 Å². The average Bonchev–Trinajstić information content (AvgIpc) is 3.17. The summed E-state index contributed by atoms with van der Waals surface area (Å²) in [6, 6.07) is 5.20. The van der Waals surface area contributed by atoms with E-state index in [1.165, 1.54) is 0 Å². The fourth-order valence-corrected chi connectivity index (χ4v) is 2.55. The molecular formula is C14H16N4O3. The molecule has 0 aliphatic carbocycles. The molecule has 1 aliphatic rings. The van der Waals surface area contributed by atoms with Crippen molar-refractivity contribution in [3.63, 3.8) is 0 Å². The van der Waals surface area contributed by atoms with Crippen molar-refractivity contribution >= 4 is 11.8 Å². The summed E-state index contributed by atoms with van der Waals surface area (Å²) in [6.45, 7) is 0.975. The first-order valence-electron chi connectivity index (χ1n) is 6.83. The third-order valence-electron chi connectivity index (χ3n) is 3.69. The smallest absolute Gasteiger partial charge is 0.274 e. The van der Waals surface area contributed by atoms with E-state index in [4.69, 9.17) is 10.2 Å². The van der Waals surface area contributed by atoms with Crippen molar-refractivity contribution in [3.8, 4) is 11.5 Å². The average molecular weight is 288 g/mol. The van der Waals surface area contributed by atoms with Crippen molar-refractivity contribution in [1.82, 2.24) is 15.1 Å². The summed E-state index contributed by atoms with van der Waals surface area (Å²) in [5.74, 6) is -0.206. The molecule has 0 saturated carbocycles. The van der Waals surface area contributed by atoms with Crippen LogP contribution < -0.4 is 5.73 Å². The van der Waals surface area contributed by atoms with Gasteiger partial charge in [-0.15, -0.1) is 0 Å². The number of hydrogen-bond acceptors (Lipinski definition) is 4. The molecule has 1 aliphatic heterocycles. The minimum Gasteiger partial charge on any atom is -0.463 e. The first-order chi connectivity index (χ1) is 10.1. The quantitative estimate of drug-likeness (QED) is 0.879. The Kier molecular flexibility index (Phi) is 3.47. The van der Waals surface area contributed by atoms with Crippen LogP contribution in [0.1, 0.15) is 23.3 Å². The highest BCUT2D eigenvalue weighted by Crippen LogP contribution is 2.21. The van der Waals surface area contributed by atoms with Crippen molar-refractivity contribution in [3.05, 3.63) is 30.2 Å². The maximum atomic E-state index is 12.4. The Labute approximate surface area is 121 Å². The zero-order valence-electron chi connectivity index (χ0n) is 11.4. The third-order valence-corrected chi connectivity index (χ3v) is 3.69. The molecule has 3 rings (SSSR count). The lowest BCUT2D eigenvalue weighted by Crippen LogP contribution is -2.44. The summed E-state index contributed by atoms with van der Waals surface area (Å²) in [5, 5.41) is 6.80. The van der Waals surface area contributed by atoms with E-state index in [-0.39, 0.29) is 17.7 Å². The lowest BCUT2D eigenvalue weighted by atomic mass is 9.97. The van der Waals surface area contributed by atoms with Gasteiger partial charge in [-0.05, 0) is 25.0 Å². The van der Waals surface area contributed by atoms with Crippen LogP contribution in [0.25, 0.3) is 11.5 Å². The maximum absolute atomic E-state index is 12.4. The van der Waals surface area contributed by atoms with Crippen LogP contribution in [0.15, 0.2) is 28.9 Å². The van der Waals surface area contributed by atoms with Gasteiger partial charge in [0.15, 0.2) is 11.5 Å². The molecule has 0 radical (unpaired) electrons. The molecule has 3 N–H and O–H groups in total. The number of aromatic nitrogens is 2. The summed E-state index contributed by atoms with van der Waals surface area (Å²) in [6.07, 6.45) is 3.06. The van der Waals surface area contributed by atoms with E-state index in [0.717, 1.165) is 12.8 Å². The molecule has 2 aromatic rings. The number of aromatic amines is 1. The molecule has 0 bridgehead atoms. The second kappa shape index (κ2) is 5.43. The highest BCUT2D eigenvalue weighted by molar-refractivity contribution is 5.93. The lowest BCUT2D eigenvalue weighted by molar-refractivity contribution is -0.123. The van der Waals surface area contributed by atoms with E-state index < -0.39 is 0 Å². The van der Waals surface area contributed by atoms with Gasteiger partial charge in [0.2, 0.25) is 5.91 Å². The second-order valence-electron chi connectivity index (χ2n) is 5.14. The number of hydrogen-bond donors (Lipinski definition) is 2. The number of carbonyl (C=O) groups excluding carboxylic acids is 2. The molecule has 110 valence electrons. The van der Waals surface area contributed by atoms with Gasteiger partial charge in [0.1, 0.15) is 5.69 Å². The Hall–Kier alpha value is -2.57. The zero-order chi connectivity index (χ0) is 14.8. The number of likely N-dealkylation sites (tertiary alicyclic amines) is 1. The predicted molar refractivity (Wildman–Crippen MR) is 74.1 cm³/mol. The molecule has 21 heavy (non-hydrogen) atoms. The number of nitrogens with zero attached hydrogens (tertiary/aromatic N) is 2. The lowest BCUT2D eigenvalue weighted by Gasteiger charge is -2.30. The number of rotatable bonds is 3. The summed E-state index contributed by atoms with van der Waals surface area (Å²) in [7, 11) is 0. The van der Waals surface area contributed by atoms with Gasteiger partial charge in [0.05, 0.1) is 12.2 Å². The summed E-state index contributed by atoms with van der Waals surface area (Å²) in [5.41, 5.74) is 6.28. The molecule has 1 fully saturated rings. The molecule has 1 saturated heterocycles. The molecule has 7 heteroatoms. The Morgan fingerprint density at radius 1 is 1.48 bits per heavy atom. The molecule has 1 unspecified atom stereocenters. The van der Waals surface area contributed by atoms with E-state index in [2.05, 4.69) is 10.2 Å². The van der Waals surface area contributed by atoms with Crippen LogP contribution in [0.5, 0.6) is 0 Å². The Morgan fingerprint density at radius 3 is 3.05 bits per heavy atom. The highest BCUT2D eigenvalue weighted by Gasteiger charge is 2.28. The molecule has 1 atom stereocenters. The Balaban J connectivity index is 1.74. The van der Waals surface area contributed by atoms with Crippen LogP contribution in [0.3, 0.4) is 0 Å². The summed E-state index contributed by atoms with van der Waals surface area (Å²) >= 11 is 0. The molecule has 0 spiro atoms. The SMILES string of the molecule is NC(=O)C1CCCN(C(=O)c2cc(-c3ccco3)[nH]n2)C1. The zero-order valence-corrected chi connectivity index (χ0v) is 11.4. The van der Waals surface area contributed by atoms with E-state index in [0.29, 0.717) is 30.2 Å². The monoisotopic (exact) mass is 288 g/mol. The number of H-pyrrole nitrogens is 1. The number of carbonyl (C=O) groups is 2. The molecule has 7 nitrogen and oxygen atoms in total. The number of piperidine rings is 1. The molecule has 2 amide bonds. The minimum atomic E-state index is -0.356. The van der Waals surface area contributed by atoms with Gasteiger partial charge in [-0.2, -0.15) is 5.10 Å². The topological polar surface area (TPSA) is 105 Å². The van der Waals surface area contributed by atoms with E-state index in [1.54, 1.807) is 29.4 Å². The largest absolute Gasteiger partial charge is 0.463 e. The van der Waals surface area contributed by atoms with E-state index in [1.807, 2.05) is 0 Å². The van der Waals surface area contributed by atoms with Crippen molar-refractivity contribution in [2.24, 2.45) is 11.7 Å². The van der Waals surface area contributed by atoms with E-state index in [9.17, 15) is 9.59 Å². The van der Waals surface area contributed by atoms with Gasteiger partial charge in [-0.25, -0.2) is 0 Å². The number of furan rings is 1. The Bertz CT molecular complexity index is 647.